The average Bonchev–Trinajstić information content (AvgIpc) is 2.36. The van der Waals surface area contributed by atoms with Gasteiger partial charge in [0.2, 0.25) is 0 Å². The lowest BCUT2D eigenvalue weighted by Crippen LogP contribution is -2.58. The first-order chi connectivity index (χ1) is 8.49. The number of rotatable bonds is 2. The molecule has 1 saturated heterocycles. The molecule has 5 N–H and O–H groups in total. The van der Waals surface area contributed by atoms with Gasteiger partial charge in [-0.05, 0) is 31.2 Å². The van der Waals surface area contributed by atoms with Gasteiger partial charge in [-0.3, -0.25) is 0 Å². The molecular weight excluding hydrogens is 238 g/mol. The highest BCUT2D eigenvalue weighted by Gasteiger charge is 2.41. The second-order valence-electron chi connectivity index (χ2n) is 4.42. The third kappa shape index (κ3) is 2.56. The number of phenols is 1. The van der Waals surface area contributed by atoms with Crippen molar-refractivity contribution < 1.29 is 25.2 Å². The summed E-state index contributed by atoms with van der Waals surface area (Å²) in [5, 5.41) is 41.0. The Morgan fingerprint density at radius 2 is 1.61 bits per heavy atom. The van der Waals surface area contributed by atoms with Crippen LogP contribution in [0, 0.1) is 0 Å². The molecule has 1 fully saturated rings. The second-order valence-corrected chi connectivity index (χ2v) is 4.42. The van der Waals surface area contributed by atoms with E-state index in [4.69, 9.17) is 9.84 Å². The van der Waals surface area contributed by atoms with Gasteiger partial charge in [-0.25, -0.2) is 0 Å². The zero-order valence-electron chi connectivity index (χ0n) is 9.89. The number of anilines is 1. The largest absolute Gasteiger partial charge is 0.508 e. The standard InChI is InChI=1S/C12H17NO5/c1-6-9(15)10(16)11(17)12(18-6)13-7-2-4-8(14)5-3-7/h2-6,9-17H,1H3/t6-,9+,10-,11-,12-/m0/s1. The van der Waals surface area contributed by atoms with Gasteiger partial charge in [0.05, 0.1) is 6.10 Å². The van der Waals surface area contributed by atoms with Crippen LogP contribution in [-0.4, -0.2) is 51.1 Å². The fourth-order valence-electron chi connectivity index (χ4n) is 1.89. The van der Waals surface area contributed by atoms with Crippen molar-refractivity contribution in [2.45, 2.75) is 37.6 Å². The SMILES string of the molecule is C[C@@H]1O[C@H](Nc2ccc(O)cc2)[C@@H](O)[C@@H](O)[C@@H]1O. The average molecular weight is 255 g/mol. The molecule has 0 saturated carbocycles. The molecule has 0 amide bonds. The molecule has 0 radical (unpaired) electrons. The summed E-state index contributed by atoms with van der Waals surface area (Å²) in [5.74, 6) is 0.134. The predicted molar refractivity (Wildman–Crippen MR) is 64.1 cm³/mol. The highest BCUT2D eigenvalue weighted by molar-refractivity contribution is 5.46. The molecule has 0 bridgehead atoms. The Bertz CT molecular complexity index is 396. The Morgan fingerprint density at radius 1 is 1.00 bits per heavy atom. The summed E-state index contributed by atoms with van der Waals surface area (Å²) in [7, 11) is 0. The Hall–Kier alpha value is -1.34. The monoisotopic (exact) mass is 255 g/mol. The predicted octanol–water partition coefficient (Wildman–Crippen LogP) is -0.368. The van der Waals surface area contributed by atoms with E-state index in [9.17, 15) is 15.3 Å². The topological polar surface area (TPSA) is 102 Å². The summed E-state index contributed by atoms with van der Waals surface area (Å²) in [4.78, 5) is 0. The lowest BCUT2D eigenvalue weighted by atomic mass is 9.99. The Kier molecular flexibility index (Phi) is 3.72. The summed E-state index contributed by atoms with van der Waals surface area (Å²) >= 11 is 0. The third-order valence-electron chi connectivity index (χ3n) is 3.03. The number of ether oxygens (including phenoxy) is 1. The van der Waals surface area contributed by atoms with E-state index in [1.807, 2.05) is 0 Å². The van der Waals surface area contributed by atoms with Crippen LogP contribution in [0.5, 0.6) is 5.75 Å². The van der Waals surface area contributed by atoms with Gasteiger partial charge in [0.15, 0.2) is 6.23 Å². The van der Waals surface area contributed by atoms with Gasteiger partial charge in [-0.2, -0.15) is 0 Å². The van der Waals surface area contributed by atoms with E-state index in [2.05, 4.69) is 5.32 Å². The van der Waals surface area contributed by atoms with Crippen molar-refractivity contribution in [2.75, 3.05) is 5.32 Å². The number of aromatic hydroxyl groups is 1. The van der Waals surface area contributed by atoms with Gasteiger partial charge in [-0.15, -0.1) is 0 Å². The van der Waals surface area contributed by atoms with Crippen LogP contribution in [0.4, 0.5) is 5.69 Å². The van der Waals surface area contributed by atoms with Crippen LogP contribution in [0.25, 0.3) is 0 Å². The summed E-state index contributed by atoms with van der Waals surface area (Å²) in [6.07, 6.45) is -5.01. The van der Waals surface area contributed by atoms with E-state index >= 15 is 0 Å². The minimum absolute atomic E-state index is 0.134. The summed E-state index contributed by atoms with van der Waals surface area (Å²) in [6.45, 7) is 1.62. The van der Waals surface area contributed by atoms with E-state index < -0.39 is 30.6 Å². The van der Waals surface area contributed by atoms with Crippen LogP contribution in [0.3, 0.4) is 0 Å². The lowest BCUT2D eigenvalue weighted by Gasteiger charge is -2.39. The maximum absolute atomic E-state index is 9.79. The molecule has 2 rings (SSSR count). The van der Waals surface area contributed by atoms with Crippen molar-refractivity contribution in [1.29, 1.82) is 0 Å². The maximum atomic E-state index is 9.79. The van der Waals surface area contributed by atoms with Crippen LogP contribution in [0.15, 0.2) is 24.3 Å². The van der Waals surface area contributed by atoms with Gasteiger partial charge in [0.25, 0.3) is 0 Å². The summed E-state index contributed by atoms with van der Waals surface area (Å²) in [5.41, 5.74) is 0.632. The van der Waals surface area contributed by atoms with E-state index in [1.165, 1.54) is 12.1 Å². The number of aliphatic hydroxyl groups excluding tert-OH is 3. The first-order valence-electron chi connectivity index (χ1n) is 5.74. The Morgan fingerprint density at radius 3 is 2.22 bits per heavy atom. The normalized spacial score (nSPS) is 36.3. The second kappa shape index (κ2) is 5.11. The molecule has 1 aromatic carbocycles. The molecule has 100 valence electrons. The van der Waals surface area contributed by atoms with Crippen molar-refractivity contribution >= 4 is 5.69 Å². The number of nitrogens with one attached hydrogen (secondary N) is 1. The summed E-state index contributed by atoms with van der Waals surface area (Å²) in [6, 6.07) is 6.22. The molecule has 18 heavy (non-hydrogen) atoms. The molecule has 1 aromatic rings. The Labute approximate surface area is 104 Å². The zero-order chi connectivity index (χ0) is 13.3. The molecule has 0 aliphatic carbocycles. The highest BCUT2D eigenvalue weighted by atomic mass is 16.5. The quantitative estimate of drug-likeness (QED) is 0.462. The molecule has 6 heteroatoms. The van der Waals surface area contributed by atoms with E-state index in [0.29, 0.717) is 5.69 Å². The van der Waals surface area contributed by atoms with Crippen molar-refractivity contribution in [2.24, 2.45) is 0 Å². The van der Waals surface area contributed by atoms with E-state index in [0.717, 1.165) is 0 Å². The van der Waals surface area contributed by atoms with Crippen LogP contribution in [-0.2, 0) is 4.74 Å². The van der Waals surface area contributed by atoms with Crippen LogP contribution < -0.4 is 5.32 Å². The number of aliphatic hydroxyl groups is 3. The highest BCUT2D eigenvalue weighted by Crippen LogP contribution is 2.23. The first kappa shape index (κ1) is 13.1. The number of hydrogen-bond acceptors (Lipinski definition) is 6. The molecule has 0 unspecified atom stereocenters. The fraction of sp³-hybridized carbons (Fsp3) is 0.500. The van der Waals surface area contributed by atoms with Crippen LogP contribution >= 0.6 is 0 Å². The fourth-order valence-corrected chi connectivity index (χ4v) is 1.89. The molecule has 5 atom stereocenters. The van der Waals surface area contributed by atoms with Crippen LogP contribution in [0.1, 0.15) is 6.92 Å². The maximum Gasteiger partial charge on any atom is 0.157 e. The van der Waals surface area contributed by atoms with Gasteiger partial charge in [0, 0.05) is 5.69 Å². The van der Waals surface area contributed by atoms with Crippen LogP contribution in [0.2, 0.25) is 0 Å². The summed E-state index contributed by atoms with van der Waals surface area (Å²) < 4.78 is 5.38. The Balaban J connectivity index is 2.06. The molecule has 1 aliphatic heterocycles. The smallest absolute Gasteiger partial charge is 0.157 e. The molecule has 1 heterocycles. The van der Waals surface area contributed by atoms with Gasteiger partial charge in [0.1, 0.15) is 24.1 Å². The minimum Gasteiger partial charge on any atom is -0.508 e. The minimum atomic E-state index is -1.26. The van der Waals surface area contributed by atoms with Crippen molar-refractivity contribution in [3.63, 3.8) is 0 Å². The van der Waals surface area contributed by atoms with Gasteiger partial charge < -0.3 is 30.5 Å². The van der Waals surface area contributed by atoms with Gasteiger partial charge in [-0.1, -0.05) is 0 Å². The third-order valence-corrected chi connectivity index (χ3v) is 3.03. The van der Waals surface area contributed by atoms with Gasteiger partial charge >= 0.3 is 0 Å². The number of benzene rings is 1. The number of phenolic OH excluding ortho intramolecular Hbond substituents is 1. The lowest BCUT2D eigenvalue weighted by molar-refractivity contribution is -0.209. The molecule has 1 aliphatic rings. The first-order valence-corrected chi connectivity index (χ1v) is 5.74. The van der Waals surface area contributed by atoms with Crippen molar-refractivity contribution in [1.82, 2.24) is 0 Å². The molecular formula is C12H17NO5. The molecule has 0 aromatic heterocycles. The van der Waals surface area contributed by atoms with Crippen molar-refractivity contribution in [3.05, 3.63) is 24.3 Å². The molecule has 6 nitrogen and oxygen atoms in total. The van der Waals surface area contributed by atoms with E-state index in [1.54, 1.807) is 19.1 Å². The van der Waals surface area contributed by atoms with E-state index in [-0.39, 0.29) is 5.75 Å². The van der Waals surface area contributed by atoms with Crippen molar-refractivity contribution in [3.8, 4) is 5.75 Å². The number of hydrogen-bond donors (Lipinski definition) is 5. The molecule has 0 spiro atoms. The zero-order valence-corrected chi connectivity index (χ0v) is 9.89.